The fourth-order valence-corrected chi connectivity index (χ4v) is 2.64. The monoisotopic (exact) mass is 345 g/mol. The lowest BCUT2D eigenvalue weighted by Gasteiger charge is -2.20. The molecule has 7 heteroatoms. The van der Waals surface area contributed by atoms with Crippen molar-refractivity contribution in [2.45, 2.75) is 12.5 Å². The van der Waals surface area contributed by atoms with Crippen molar-refractivity contribution in [2.24, 2.45) is 0 Å². The molecule has 1 aromatic carbocycles. The first kappa shape index (κ1) is 16.3. The van der Waals surface area contributed by atoms with Crippen LogP contribution < -0.4 is 10.1 Å². The number of aromatic nitrogens is 1. The van der Waals surface area contributed by atoms with Crippen molar-refractivity contribution in [3.05, 3.63) is 59.4 Å². The maximum absolute atomic E-state index is 12.7. The normalized spacial score (nSPS) is 20.2. The third-order valence-electron chi connectivity index (χ3n) is 3.85. The predicted molar refractivity (Wildman–Crippen MR) is 88.8 cm³/mol. The summed E-state index contributed by atoms with van der Waals surface area (Å²) >= 11 is 5.81. The number of ether oxygens (including phenoxy) is 1. The van der Waals surface area contributed by atoms with E-state index in [1.54, 1.807) is 55.6 Å². The average molecular weight is 346 g/mol. The van der Waals surface area contributed by atoms with E-state index in [2.05, 4.69) is 10.3 Å². The van der Waals surface area contributed by atoms with Crippen LogP contribution in [0.5, 0.6) is 5.75 Å². The van der Waals surface area contributed by atoms with Crippen LogP contribution in [0.15, 0.2) is 48.7 Å². The van der Waals surface area contributed by atoms with E-state index in [1.165, 1.54) is 0 Å². The van der Waals surface area contributed by atoms with Gasteiger partial charge in [-0.2, -0.15) is 0 Å². The van der Waals surface area contributed by atoms with Crippen molar-refractivity contribution in [1.29, 1.82) is 0 Å². The average Bonchev–Trinajstić information content (AvgIpc) is 2.81. The smallest absolute Gasteiger partial charge is 0.325 e. The maximum Gasteiger partial charge on any atom is 0.325 e. The summed E-state index contributed by atoms with van der Waals surface area (Å²) in [7, 11) is 0. The van der Waals surface area contributed by atoms with Gasteiger partial charge in [-0.05, 0) is 43.3 Å². The quantitative estimate of drug-likeness (QED) is 0.845. The molecule has 0 radical (unpaired) electrons. The molecule has 3 rings (SSSR count). The van der Waals surface area contributed by atoms with Gasteiger partial charge in [0.2, 0.25) is 0 Å². The first-order valence-corrected chi connectivity index (χ1v) is 7.82. The Hall–Kier alpha value is -2.60. The van der Waals surface area contributed by atoms with Crippen LogP contribution in [-0.4, -0.2) is 35.0 Å². The van der Waals surface area contributed by atoms with Crippen molar-refractivity contribution >= 4 is 23.5 Å². The van der Waals surface area contributed by atoms with Crippen molar-refractivity contribution in [3.63, 3.8) is 0 Å². The summed E-state index contributed by atoms with van der Waals surface area (Å²) in [5, 5.41) is 3.32. The van der Waals surface area contributed by atoms with Gasteiger partial charge in [-0.3, -0.25) is 14.7 Å². The summed E-state index contributed by atoms with van der Waals surface area (Å²) in [6.07, 6.45) is 1.59. The molecule has 24 heavy (non-hydrogen) atoms. The molecule has 1 aliphatic heterocycles. The van der Waals surface area contributed by atoms with Crippen molar-refractivity contribution < 1.29 is 14.3 Å². The van der Waals surface area contributed by atoms with Gasteiger partial charge in [0.05, 0.1) is 12.2 Å². The van der Waals surface area contributed by atoms with Crippen molar-refractivity contribution in [3.8, 4) is 5.75 Å². The minimum Gasteiger partial charge on any atom is -0.492 e. The molecule has 1 atom stereocenters. The van der Waals surface area contributed by atoms with Gasteiger partial charge < -0.3 is 10.1 Å². The molecule has 1 fully saturated rings. The van der Waals surface area contributed by atoms with E-state index in [0.29, 0.717) is 16.5 Å². The molecule has 124 valence electrons. The number of carbonyl (C=O) groups is 2. The SMILES string of the molecule is CC1(c2ccccn2)NC(=O)N(CCOc2ccc(Cl)cc2)C1=O. The van der Waals surface area contributed by atoms with E-state index in [9.17, 15) is 9.59 Å². The van der Waals surface area contributed by atoms with E-state index >= 15 is 0 Å². The molecule has 3 amide bonds. The summed E-state index contributed by atoms with van der Waals surface area (Å²) in [4.78, 5) is 30.1. The molecule has 0 aliphatic carbocycles. The van der Waals surface area contributed by atoms with Crippen LogP contribution in [-0.2, 0) is 10.3 Å². The van der Waals surface area contributed by atoms with E-state index in [1.807, 2.05) is 0 Å². The highest BCUT2D eigenvalue weighted by Gasteiger charge is 2.49. The standard InChI is InChI=1S/C17H16ClN3O3/c1-17(14-4-2-3-9-19-14)15(22)21(16(23)20-17)10-11-24-13-7-5-12(18)6-8-13/h2-9H,10-11H2,1H3,(H,20,23). The molecule has 0 saturated carbocycles. The largest absolute Gasteiger partial charge is 0.492 e. The number of rotatable bonds is 5. The number of halogens is 1. The lowest BCUT2D eigenvalue weighted by atomic mass is 9.97. The van der Waals surface area contributed by atoms with E-state index in [4.69, 9.17) is 16.3 Å². The zero-order chi connectivity index (χ0) is 17.2. The lowest BCUT2D eigenvalue weighted by molar-refractivity contribution is -0.131. The highest BCUT2D eigenvalue weighted by atomic mass is 35.5. The second-order valence-electron chi connectivity index (χ2n) is 5.53. The summed E-state index contributed by atoms with van der Waals surface area (Å²) < 4.78 is 5.55. The Balaban J connectivity index is 1.65. The number of pyridine rings is 1. The Bertz CT molecular complexity index is 751. The first-order chi connectivity index (χ1) is 11.5. The number of benzene rings is 1. The second-order valence-corrected chi connectivity index (χ2v) is 5.97. The highest BCUT2D eigenvalue weighted by Crippen LogP contribution is 2.27. The number of hydrogen-bond donors (Lipinski definition) is 1. The number of carbonyl (C=O) groups excluding carboxylic acids is 2. The molecule has 2 aromatic rings. The van der Waals surface area contributed by atoms with Gasteiger partial charge in [-0.1, -0.05) is 17.7 Å². The maximum atomic E-state index is 12.7. The molecule has 6 nitrogen and oxygen atoms in total. The summed E-state index contributed by atoms with van der Waals surface area (Å²) in [5.41, 5.74) is -0.650. The van der Waals surface area contributed by atoms with Crippen LogP contribution in [0, 0.1) is 0 Å². The topological polar surface area (TPSA) is 71.5 Å². The number of nitrogens with zero attached hydrogens (tertiary/aromatic N) is 2. The van der Waals surface area contributed by atoms with Crippen LogP contribution in [0.2, 0.25) is 5.02 Å². The van der Waals surface area contributed by atoms with Gasteiger partial charge in [0.1, 0.15) is 12.4 Å². The van der Waals surface area contributed by atoms with Gasteiger partial charge in [-0.25, -0.2) is 4.79 Å². The molecule has 2 heterocycles. The van der Waals surface area contributed by atoms with Gasteiger partial charge >= 0.3 is 6.03 Å². The van der Waals surface area contributed by atoms with Crippen LogP contribution in [0.3, 0.4) is 0 Å². The zero-order valence-corrected chi connectivity index (χ0v) is 13.8. The molecule has 1 aliphatic rings. The Morgan fingerprint density at radius 2 is 1.96 bits per heavy atom. The summed E-state index contributed by atoms with van der Waals surface area (Å²) in [6.45, 7) is 1.99. The molecule has 0 spiro atoms. The molecule has 1 unspecified atom stereocenters. The Kier molecular flexibility index (Phi) is 4.40. The first-order valence-electron chi connectivity index (χ1n) is 7.45. The summed E-state index contributed by atoms with van der Waals surface area (Å²) in [6, 6.07) is 11.7. The lowest BCUT2D eigenvalue weighted by Crippen LogP contribution is -2.42. The fourth-order valence-electron chi connectivity index (χ4n) is 2.52. The number of imide groups is 1. The Morgan fingerprint density at radius 3 is 2.62 bits per heavy atom. The molecule has 1 saturated heterocycles. The molecular weight excluding hydrogens is 330 g/mol. The van der Waals surface area contributed by atoms with Gasteiger partial charge in [0.15, 0.2) is 5.54 Å². The minimum absolute atomic E-state index is 0.149. The molecule has 1 N–H and O–H groups in total. The van der Waals surface area contributed by atoms with Gasteiger partial charge in [-0.15, -0.1) is 0 Å². The van der Waals surface area contributed by atoms with Crippen molar-refractivity contribution in [1.82, 2.24) is 15.2 Å². The second kappa shape index (κ2) is 6.49. The predicted octanol–water partition coefficient (Wildman–Crippen LogP) is 2.58. The van der Waals surface area contributed by atoms with E-state index < -0.39 is 11.6 Å². The Labute approximate surface area is 144 Å². The van der Waals surface area contributed by atoms with Gasteiger partial charge in [0.25, 0.3) is 5.91 Å². The fraction of sp³-hybridized carbons (Fsp3) is 0.235. The number of nitrogens with one attached hydrogen (secondary N) is 1. The van der Waals surface area contributed by atoms with Crippen LogP contribution in [0.1, 0.15) is 12.6 Å². The number of urea groups is 1. The van der Waals surface area contributed by atoms with Crippen LogP contribution in [0.4, 0.5) is 4.79 Å². The number of amides is 3. The highest BCUT2D eigenvalue weighted by molar-refractivity contribution is 6.30. The molecule has 0 bridgehead atoms. The Morgan fingerprint density at radius 1 is 1.21 bits per heavy atom. The van der Waals surface area contributed by atoms with Crippen molar-refractivity contribution in [2.75, 3.05) is 13.2 Å². The zero-order valence-electron chi connectivity index (χ0n) is 13.0. The van der Waals surface area contributed by atoms with Crippen LogP contribution in [0.25, 0.3) is 0 Å². The minimum atomic E-state index is -1.15. The summed E-state index contributed by atoms with van der Waals surface area (Å²) in [5.74, 6) is 0.282. The third kappa shape index (κ3) is 3.05. The van der Waals surface area contributed by atoms with E-state index in [0.717, 1.165) is 4.90 Å². The van der Waals surface area contributed by atoms with E-state index in [-0.39, 0.29) is 19.1 Å². The van der Waals surface area contributed by atoms with Gasteiger partial charge in [0, 0.05) is 11.2 Å². The van der Waals surface area contributed by atoms with Crippen LogP contribution >= 0.6 is 11.6 Å². The third-order valence-corrected chi connectivity index (χ3v) is 4.10. The number of hydrogen-bond acceptors (Lipinski definition) is 4. The molecule has 1 aromatic heterocycles. The molecular formula is C17H16ClN3O3.